The highest BCUT2D eigenvalue weighted by Gasteiger charge is 2.35. The second-order valence-electron chi connectivity index (χ2n) is 7.05. The van der Waals surface area contributed by atoms with Gasteiger partial charge in [0.05, 0.1) is 21.5 Å². The minimum atomic E-state index is -3.96. The fourth-order valence-corrected chi connectivity index (χ4v) is 5.19. The average molecular weight is 429 g/mol. The van der Waals surface area contributed by atoms with E-state index in [1.807, 2.05) is 0 Å². The first-order valence-electron chi connectivity index (χ1n) is 9.46. The maximum Gasteiger partial charge on any atom is 0.338 e. The van der Waals surface area contributed by atoms with Gasteiger partial charge in [-0.2, -0.15) is 0 Å². The number of ether oxygens (including phenoxy) is 2. The van der Waals surface area contributed by atoms with Crippen LogP contribution < -0.4 is 5.32 Å². The van der Waals surface area contributed by atoms with E-state index in [-0.39, 0.29) is 32.6 Å². The number of hydrogen-bond donors (Lipinski definition) is 1. The van der Waals surface area contributed by atoms with Gasteiger partial charge >= 0.3 is 5.97 Å². The highest BCUT2D eigenvalue weighted by molar-refractivity contribution is 7.91. The topological polar surface area (TPSA) is 116 Å². The van der Waals surface area contributed by atoms with E-state index < -0.39 is 34.1 Å². The van der Waals surface area contributed by atoms with Crippen LogP contribution in [-0.4, -0.2) is 51.9 Å². The SMILES string of the molecule is O=C(COC(=O)c1ccc2c(c1)S(=O)(=O)c1ccccc1C2=O)NCC1CCCO1. The molecule has 4 rings (SSSR count). The molecule has 1 saturated heterocycles. The predicted molar refractivity (Wildman–Crippen MR) is 104 cm³/mol. The van der Waals surface area contributed by atoms with Gasteiger partial charge in [0.25, 0.3) is 5.91 Å². The fraction of sp³-hybridized carbons (Fsp3) is 0.286. The Labute approximate surface area is 173 Å². The van der Waals surface area contributed by atoms with Crippen molar-refractivity contribution in [3.8, 4) is 0 Å². The van der Waals surface area contributed by atoms with Crippen LogP contribution in [0.1, 0.15) is 39.1 Å². The van der Waals surface area contributed by atoms with Crippen LogP contribution in [0.4, 0.5) is 0 Å². The van der Waals surface area contributed by atoms with Crippen molar-refractivity contribution in [2.75, 3.05) is 19.8 Å². The maximum atomic E-state index is 12.9. The van der Waals surface area contributed by atoms with Gasteiger partial charge in [-0.15, -0.1) is 0 Å². The van der Waals surface area contributed by atoms with Gasteiger partial charge in [-0.1, -0.05) is 12.1 Å². The average Bonchev–Trinajstić information content (AvgIpc) is 3.28. The molecule has 8 nitrogen and oxygen atoms in total. The molecule has 1 unspecified atom stereocenters. The molecule has 30 heavy (non-hydrogen) atoms. The molecule has 0 aliphatic carbocycles. The summed E-state index contributed by atoms with van der Waals surface area (Å²) >= 11 is 0. The summed E-state index contributed by atoms with van der Waals surface area (Å²) in [5.41, 5.74) is 0.0410. The molecule has 0 aromatic heterocycles. The van der Waals surface area contributed by atoms with Gasteiger partial charge in [-0.3, -0.25) is 9.59 Å². The number of fused-ring (bicyclic) bond motifs is 2. The lowest BCUT2D eigenvalue weighted by Crippen LogP contribution is -2.34. The Morgan fingerprint density at radius 2 is 1.87 bits per heavy atom. The molecular weight excluding hydrogens is 410 g/mol. The molecular formula is C21H19NO7S. The predicted octanol–water partition coefficient (Wildman–Crippen LogP) is 1.52. The molecule has 9 heteroatoms. The monoisotopic (exact) mass is 429 g/mol. The third kappa shape index (κ3) is 3.73. The van der Waals surface area contributed by atoms with Crippen molar-refractivity contribution in [2.45, 2.75) is 28.7 Å². The van der Waals surface area contributed by atoms with Crippen molar-refractivity contribution < 1.29 is 32.3 Å². The Morgan fingerprint density at radius 1 is 1.10 bits per heavy atom. The molecule has 156 valence electrons. The Kier molecular flexibility index (Phi) is 5.40. The van der Waals surface area contributed by atoms with Crippen LogP contribution in [0.25, 0.3) is 0 Å². The largest absolute Gasteiger partial charge is 0.452 e. The molecule has 1 atom stereocenters. The maximum absolute atomic E-state index is 12.9. The lowest BCUT2D eigenvalue weighted by molar-refractivity contribution is -0.124. The summed E-state index contributed by atoms with van der Waals surface area (Å²) < 4.78 is 36.2. The molecule has 0 saturated carbocycles. The molecule has 2 aliphatic heterocycles. The Hall–Kier alpha value is -3.04. The van der Waals surface area contributed by atoms with E-state index in [9.17, 15) is 22.8 Å². The van der Waals surface area contributed by atoms with Crippen molar-refractivity contribution in [3.63, 3.8) is 0 Å². The number of sulfone groups is 1. The van der Waals surface area contributed by atoms with E-state index in [0.29, 0.717) is 13.2 Å². The van der Waals surface area contributed by atoms with E-state index in [1.54, 1.807) is 6.07 Å². The summed E-state index contributed by atoms with van der Waals surface area (Å²) in [5, 5.41) is 2.63. The van der Waals surface area contributed by atoms with Gasteiger partial charge in [0, 0.05) is 24.3 Å². The van der Waals surface area contributed by atoms with Crippen LogP contribution in [0.5, 0.6) is 0 Å². The van der Waals surface area contributed by atoms with Crippen molar-refractivity contribution >= 4 is 27.5 Å². The number of ketones is 1. The Morgan fingerprint density at radius 3 is 2.63 bits per heavy atom. The van der Waals surface area contributed by atoms with E-state index >= 15 is 0 Å². The zero-order valence-electron chi connectivity index (χ0n) is 15.9. The highest BCUT2D eigenvalue weighted by Crippen LogP contribution is 2.34. The van der Waals surface area contributed by atoms with Crippen molar-refractivity contribution in [3.05, 3.63) is 59.2 Å². The van der Waals surface area contributed by atoms with Gasteiger partial charge in [0.1, 0.15) is 0 Å². The van der Waals surface area contributed by atoms with Crippen LogP contribution >= 0.6 is 0 Å². The highest BCUT2D eigenvalue weighted by atomic mass is 32.2. The molecule has 0 radical (unpaired) electrons. The van der Waals surface area contributed by atoms with E-state index in [2.05, 4.69) is 5.32 Å². The summed E-state index contributed by atoms with van der Waals surface area (Å²) in [6, 6.07) is 9.65. The minimum absolute atomic E-state index is 0.000411. The summed E-state index contributed by atoms with van der Waals surface area (Å²) in [6.45, 7) is 0.510. The molecule has 0 spiro atoms. The summed E-state index contributed by atoms with van der Waals surface area (Å²) in [4.78, 5) is 36.5. The van der Waals surface area contributed by atoms with E-state index in [4.69, 9.17) is 9.47 Å². The van der Waals surface area contributed by atoms with E-state index in [1.165, 1.54) is 30.3 Å². The lowest BCUT2D eigenvalue weighted by atomic mass is 10.0. The Balaban J connectivity index is 1.47. The van der Waals surface area contributed by atoms with Crippen molar-refractivity contribution in [1.82, 2.24) is 5.32 Å². The van der Waals surface area contributed by atoms with Crippen molar-refractivity contribution in [1.29, 1.82) is 0 Å². The fourth-order valence-electron chi connectivity index (χ4n) is 3.51. The lowest BCUT2D eigenvalue weighted by Gasteiger charge is -2.19. The molecule has 1 N–H and O–H groups in total. The second-order valence-corrected chi connectivity index (χ2v) is 8.94. The Bertz CT molecular complexity index is 1130. The van der Waals surface area contributed by atoms with Crippen LogP contribution in [-0.2, 0) is 24.1 Å². The normalized spacial score (nSPS) is 18.9. The number of hydrogen-bond acceptors (Lipinski definition) is 7. The quantitative estimate of drug-likeness (QED) is 0.611. The third-order valence-corrected chi connectivity index (χ3v) is 6.91. The smallest absolute Gasteiger partial charge is 0.338 e. The van der Waals surface area contributed by atoms with Gasteiger partial charge in [0.15, 0.2) is 12.4 Å². The second kappa shape index (κ2) is 8.00. The van der Waals surface area contributed by atoms with Crippen LogP contribution in [0.3, 0.4) is 0 Å². The number of rotatable bonds is 5. The van der Waals surface area contributed by atoms with Crippen LogP contribution in [0.15, 0.2) is 52.3 Å². The molecule has 2 aromatic rings. The van der Waals surface area contributed by atoms with Gasteiger partial charge in [-0.25, -0.2) is 13.2 Å². The van der Waals surface area contributed by atoms with Crippen LogP contribution in [0.2, 0.25) is 0 Å². The molecule has 1 amide bonds. The number of nitrogens with one attached hydrogen (secondary N) is 1. The number of amides is 1. The summed E-state index contributed by atoms with van der Waals surface area (Å²) in [6.07, 6.45) is 1.78. The zero-order chi connectivity index (χ0) is 21.3. The summed E-state index contributed by atoms with van der Waals surface area (Å²) in [7, 11) is -3.96. The van der Waals surface area contributed by atoms with E-state index in [0.717, 1.165) is 18.9 Å². The molecule has 2 aromatic carbocycles. The van der Waals surface area contributed by atoms with Gasteiger partial charge in [-0.05, 0) is 43.2 Å². The first-order valence-corrected chi connectivity index (χ1v) is 10.9. The van der Waals surface area contributed by atoms with Gasteiger partial charge in [0.2, 0.25) is 9.84 Å². The molecule has 2 aliphatic rings. The standard InChI is InChI=1S/C21H19NO7S/c23-19(22-11-14-4-3-9-28-14)12-29-21(25)13-7-8-16-18(10-13)30(26,27)17-6-2-1-5-15(17)20(16)24/h1-2,5-8,10,14H,3-4,9,11-12H2,(H,22,23). The first kappa shape index (κ1) is 20.2. The van der Waals surface area contributed by atoms with Gasteiger partial charge < -0.3 is 14.8 Å². The molecule has 2 heterocycles. The van der Waals surface area contributed by atoms with Crippen molar-refractivity contribution in [2.24, 2.45) is 0 Å². The number of esters is 1. The molecule has 0 bridgehead atoms. The zero-order valence-corrected chi connectivity index (χ0v) is 16.7. The minimum Gasteiger partial charge on any atom is -0.452 e. The third-order valence-electron chi connectivity index (χ3n) is 5.06. The number of carbonyl (C=O) groups is 3. The number of benzene rings is 2. The first-order chi connectivity index (χ1) is 14.4. The summed E-state index contributed by atoms with van der Waals surface area (Å²) in [5.74, 6) is -1.76. The molecule has 1 fully saturated rings. The van der Waals surface area contributed by atoms with Crippen LogP contribution in [0, 0.1) is 0 Å². The number of carbonyl (C=O) groups excluding carboxylic acids is 3.